The maximum atomic E-state index is 11.9. The molecule has 1 N–H and O–H groups in total. The first-order valence-electron chi connectivity index (χ1n) is 6.78. The average molecular weight is 286 g/mol. The zero-order valence-corrected chi connectivity index (χ0v) is 12.4. The normalized spacial score (nSPS) is 21.1. The van der Waals surface area contributed by atoms with Gasteiger partial charge >= 0.3 is 0 Å². The van der Waals surface area contributed by atoms with E-state index in [4.69, 9.17) is 0 Å². The number of hydrogen-bond donors (Lipinski definition) is 1. The van der Waals surface area contributed by atoms with Crippen LogP contribution >= 0.6 is 0 Å². The van der Waals surface area contributed by atoms with Crippen molar-refractivity contribution >= 4 is 10.0 Å². The smallest absolute Gasteiger partial charge is 0.215 e. The lowest BCUT2D eigenvalue weighted by Gasteiger charge is -2.16. The Labute approximate surface area is 114 Å². The van der Waals surface area contributed by atoms with Crippen LogP contribution in [0.2, 0.25) is 0 Å². The van der Waals surface area contributed by atoms with Crippen molar-refractivity contribution in [3.63, 3.8) is 0 Å². The summed E-state index contributed by atoms with van der Waals surface area (Å²) in [6.07, 6.45) is 2.50. The molecule has 0 spiro atoms. The third kappa shape index (κ3) is 3.34. The second kappa shape index (κ2) is 6.02. The third-order valence-electron chi connectivity index (χ3n) is 3.50. The number of aromatic nitrogens is 2. The van der Waals surface area contributed by atoms with Crippen molar-refractivity contribution in [2.75, 3.05) is 19.6 Å². The lowest BCUT2D eigenvalue weighted by atomic mass is 10.4. The highest BCUT2D eigenvalue weighted by molar-refractivity contribution is 7.90. The Balaban J connectivity index is 1.96. The molecule has 0 saturated carbocycles. The van der Waals surface area contributed by atoms with Gasteiger partial charge in [0.1, 0.15) is 0 Å². The molecule has 0 unspecified atom stereocenters. The SMILES string of the molecule is CCNS(=O)(=O)[C@H]1CCN(Cc2ccnn2CC)C1. The van der Waals surface area contributed by atoms with Crippen LogP contribution in [0.25, 0.3) is 0 Å². The first kappa shape index (κ1) is 14.5. The Hall–Kier alpha value is -0.920. The van der Waals surface area contributed by atoms with E-state index in [-0.39, 0.29) is 5.25 Å². The fourth-order valence-electron chi connectivity index (χ4n) is 2.52. The molecule has 1 atom stereocenters. The minimum Gasteiger partial charge on any atom is -0.296 e. The highest BCUT2D eigenvalue weighted by atomic mass is 32.2. The molecular formula is C12H22N4O2S. The van der Waals surface area contributed by atoms with E-state index in [9.17, 15) is 8.42 Å². The van der Waals surface area contributed by atoms with Gasteiger partial charge in [0, 0.05) is 32.4 Å². The first-order chi connectivity index (χ1) is 9.06. The highest BCUT2D eigenvalue weighted by Gasteiger charge is 2.32. The zero-order chi connectivity index (χ0) is 13.9. The average Bonchev–Trinajstić information content (AvgIpc) is 2.98. The van der Waals surface area contributed by atoms with Crippen LogP contribution in [0.3, 0.4) is 0 Å². The maximum Gasteiger partial charge on any atom is 0.215 e. The molecular weight excluding hydrogens is 264 g/mol. The Bertz CT molecular complexity index is 512. The van der Waals surface area contributed by atoms with Gasteiger partial charge < -0.3 is 0 Å². The van der Waals surface area contributed by atoms with Crippen LogP contribution in [-0.2, 0) is 23.1 Å². The molecule has 1 aliphatic heterocycles. The highest BCUT2D eigenvalue weighted by Crippen LogP contribution is 2.18. The molecule has 7 heteroatoms. The summed E-state index contributed by atoms with van der Waals surface area (Å²) in [4.78, 5) is 2.18. The van der Waals surface area contributed by atoms with Gasteiger partial charge in [0.05, 0.1) is 10.9 Å². The maximum absolute atomic E-state index is 11.9. The van der Waals surface area contributed by atoms with Crippen molar-refractivity contribution in [2.45, 2.75) is 38.6 Å². The van der Waals surface area contributed by atoms with Crippen LogP contribution in [0.15, 0.2) is 12.3 Å². The lowest BCUT2D eigenvalue weighted by Crippen LogP contribution is -2.36. The summed E-state index contributed by atoms with van der Waals surface area (Å²) in [6, 6.07) is 2.00. The number of likely N-dealkylation sites (tertiary alicyclic amines) is 1. The molecule has 0 aromatic carbocycles. The topological polar surface area (TPSA) is 67.2 Å². The summed E-state index contributed by atoms with van der Waals surface area (Å²) >= 11 is 0. The summed E-state index contributed by atoms with van der Waals surface area (Å²) in [5.74, 6) is 0. The summed E-state index contributed by atoms with van der Waals surface area (Å²) in [6.45, 7) is 7.36. The molecule has 0 amide bonds. The molecule has 0 radical (unpaired) electrons. The van der Waals surface area contributed by atoms with E-state index in [1.54, 1.807) is 6.20 Å². The minimum absolute atomic E-state index is 0.287. The van der Waals surface area contributed by atoms with Gasteiger partial charge in [-0.1, -0.05) is 6.92 Å². The van der Waals surface area contributed by atoms with Crippen LogP contribution in [-0.4, -0.2) is 48.0 Å². The molecule has 108 valence electrons. The Kier molecular flexibility index (Phi) is 4.59. The van der Waals surface area contributed by atoms with Crippen LogP contribution in [0.4, 0.5) is 0 Å². The molecule has 1 saturated heterocycles. The quantitative estimate of drug-likeness (QED) is 0.823. The molecule has 2 heterocycles. The van der Waals surface area contributed by atoms with E-state index < -0.39 is 10.0 Å². The number of aryl methyl sites for hydroxylation is 1. The van der Waals surface area contributed by atoms with Crippen LogP contribution < -0.4 is 4.72 Å². The summed E-state index contributed by atoms with van der Waals surface area (Å²) in [7, 11) is -3.15. The van der Waals surface area contributed by atoms with Crippen molar-refractivity contribution in [1.82, 2.24) is 19.4 Å². The van der Waals surface area contributed by atoms with Gasteiger partial charge in [-0.15, -0.1) is 0 Å². The van der Waals surface area contributed by atoms with E-state index in [0.29, 0.717) is 19.5 Å². The predicted octanol–water partition coefficient (Wildman–Crippen LogP) is 0.417. The number of sulfonamides is 1. The number of nitrogens with one attached hydrogen (secondary N) is 1. The molecule has 0 bridgehead atoms. The second-order valence-electron chi connectivity index (χ2n) is 4.83. The van der Waals surface area contributed by atoms with Crippen molar-refractivity contribution in [3.8, 4) is 0 Å². The van der Waals surface area contributed by atoms with Crippen molar-refractivity contribution in [1.29, 1.82) is 0 Å². The van der Waals surface area contributed by atoms with E-state index >= 15 is 0 Å². The van der Waals surface area contributed by atoms with Crippen LogP contribution in [0.1, 0.15) is 26.0 Å². The summed E-state index contributed by atoms with van der Waals surface area (Å²) < 4.78 is 28.4. The molecule has 1 aromatic heterocycles. The van der Waals surface area contributed by atoms with Gasteiger partial charge in [0.2, 0.25) is 10.0 Å². The largest absolute Gasteiger partial charge is 0.296 e. The Morgan fingerprint density at radius 2 is 2.26 bits per heavy atom. The Morgan fingerprint density at radius 3 is 2.95 bits per heavy atom. The van der Waals surface area contributed by atoms with Crippen molar-refractivity contribution < 1.29 is 8.42 Å². The fourth-order valence-corrected chi connectivity index (χ4v) is 3.98. The summed E-state index contributed by atoms with van der Waals surface area (Å²) in [5.41, 5.74) is 1.14. The summed E-state index contributed by atoms with van der Waals surface area (Å²) in [5, 5.41) is 3.95. The van der Waals surface area contributed by atoms with Gasteiger partial charge in [-0.3, -0.25) is 9.58 Å². The van der Waals surface area contributed by atoms with E-state index in [1.165, 1.54) is 0 Å². The molecule has 0 aliphatic carbocycles. The standard InChI is InChI=1S/C12H22N4O2S/c1-3-14-19(17,18)12-6-8-15(10-12)9-11-5-7-13-16(11)4-2/h5,7,12,14H,3-4,6,8-10H2,1-2H3/t12-/m0/s1. The molecule has 1 aliphatic rings. The van der Waals surface area contributed by atoms with Gasteiger partial charge in [0.15, 0.2) is 0 Å². The van der Waals surface area contributed by atoms with E-state index in [2.05, 4.69) is 21.6 Å². The minimum atomic E-state index is -3.15. The third-order valence-corrected chi connectivity index (χ3v) is 5.46. The van der Waals surface area contributed by atoms with Gasteiger partial charge in [-0.25, -0.2) is 13.1 Å². The molecule has 1 aromatic rings. The van der Waals surface area contributed by atoms with Gasteiger partial charge in [-0.2, -0.15) is 5.10 Å². The number of rotatable bonds is 6. The first-order valence-corrected chi connectivity index (χ1v) is 8.33. The molecule has 19 heavy (non-hydrogen) atoms. The molecule has 6 nitrogen and oxygen atoms in total. The van der Waals surface area contributed by atoms with Crippen molar-refractivity contribution in [3.05, 3.63) is 18.0 Å². The fraction of sp³-hybridized carbons (Fsp3) is 0.750. The Morgan fingerprint density at radius 1 is 1.47 bits per heavy atom. The van der Waals surface area contributed by atoms with Gasteiger partial charge in [-0.05, 0) is 26.0 Å². The van der Waals surface area contributed by atoms with Crippen LogP contribution in [0.5, 0.6) is 0 Å². The van der Waals surface area contributed by atoms with Gasteiger partial charge in [0.25, 0.3) is 0 Å². The van der Waals surface area contributed by atoms with Crippen molar-refractivity contribution in [2.24, 2.45) is 0 Å². The number of nitrogens with zero attached hydrogens (tertiary/aromatic N) is 3. The second-order valence-corrected chi connectivity index (χ2v) is 6.87. The molecule has 2 rings (SSSR count). The number of hydrogen-bond acceptors (Lipinski definition) is 4. The van der Waals surface area contributed by atoms with E-state index in [0.717, 1.165) is 25.3 Å². The van der Waals surface area contributed by atoms with E-state index in [1.807, 2.05) is 17.7 Å². The zero-order valence-electron chi connectivity index (χ0n) is 11.5. The molecule has 1 fully saturated rings. The lowest BCUT2D eigenvalue weighted by molar-refractivity contribution is 0.318. The monoisotopic (exact) mass is 286 g/mol. The predicted molar refractivity (Wildman–Crippen MR) is 74.2 cm³/mol. The van der Waals surface area contributed by atoms with Crippen LogP contribution in [0, 0.1) is 0 Å².